The van der Waals surface area contributed by atoms with Gasteiger partial charge < -0.3 is 0 Å². The van der Waals surface area contributed by atoms with Gasteiger partial charge in [0.05, 0.1) is 5.41 Å². The first-order valence-corrected chi connectivity index (χ1v) is 9.15. The van der Waals surface area contributed by atoms with Crippen molar-refractivity contribution in [2.45, 2.75) is 32.1 Å². The van der Waals surface area contributed by atoms with Gasteiger partial charge in [-0.3, -0.25) is 0 Å². The van der Waals surface area contributed by atoms with E-state index in [1.54, 1.807) is 0 Å². The summed E-state index contributed by atoms with van der Waals surface area (Å²) in [6.45, 7) is 4.42. The van der Waals surface area contributed by atoms with Crippen LogP contribution in [0.4, 0.5) is 0 Å². The molecule has 0 radical (unpaired) electrons. The van der Waals surface area contributed by atoms with Gasteiger partial charge in [0.25, 0.3) is 0 Å². The molecule has 0 aliphatic heterocycles. The minimum Gasteiger partial charge on any atom is -0.0873 e. The van der Waals surface area contributed by atoms with Crippen molar-refractivity contribution in [3.05, 3.63) is 118 Å². The maximum absolute atomic E-state index is 2.37. The normalized spacial score (nSPS) is 19.0. The Labute approximate surface area is 150 Å². The van der Waals surface area contributed by atoms with Gasteiger partial charge in [-0.2, -0.15) is 0 Å². The molecule has 0 heteroatoms. The molecule has 2 aliphatic carbocycles. The molecule has 0 aromatic heterocycles. The molecule has 2 aromatic rings. The Balaban J connectivity index is 2.12. The number of allylic oxidation sites excluding steroid dienone is 8. The second-order valence-electron chi connectivity index (χ2n) is 6.85. The lowest BCUT2D eigenvalue weighted by molar-refractivity contribution is 0.744. The highest BCUT2D eigenvalue weighted by Crippen LogP contribution is 2.55. The van der Waals surface area contributed by atoms with E-state index in [-0.39, 0.29) is 5.41 Å². The molecule has 0 heterocycles. The van der Waals surface area contributed by atoms with Crippen LogP contribution in [0.2, 0.25) is 0 Å². The Kier molecular flexibility index (Phi) is 4.05. The Morgan fingerprint density at radius 1 is 0.880 bits per heavy atom. The van der Waals surface area contributed by atoms with Crippen LogP contribution in [0.25, 0.3) is 0 Å². The van der Waals surface area contributed by atoms with Crippen LogP contribution in [0, 0.1) is 0 Å². The van der Waals surface area contributed by atoms with Crippen molar-refractivity contribution in [3.63, 3.8) is 0 Å². The third kappa shape index (κ3) is 2.28. The van der Waals surface area contributed by atoms with Crippen LogP contribution >= 0.6 is 0 Å². The van der Waals surface area contributed by atoms with Crippen LogP contribution in [0.1, 0.15) is 37.8 Å². The van der Waals surface area contributed by atoms with Gasteiger partial charge in [0, 0.05) is 0 Å². The molecule has 0 saturated heterocycles. The van der Waals surface area contributed by atoms with Crippen molar-refractivity contribution in [2.24, 2.45) is 0 Å². The van der Waals surface area contributed by atoms with Crippen molar-refractivity contribution < 1.29 is 0 Å². The van der Waals surface area contributed by atoms with Gasteiger partial charge in [-0.15, -0.1) is 0 Å². The van der Waals surface area contributed by atoms with Crippen molar-refractivity contribution >= 4 is 0 Å². The topological polar surface area (TPSA) is 0 Å². The maximum Gasteiger partial charge on any atom is 0.0706 e. The standard InChI is InChI=1S/C25H24/c1-3-12-23-19(2)22-17-10-11-18-24(22)25(23,20-13-6-4-7-14-20)21-15-8-5-9-16-21/h3-9,11-16,18H,10,17H2,1-2H3/b12-3-. The molecule has 0 spiro atoms. The number of rotatable bonds is 3. The Morgan fingerprint density at radius 2 is 1.48 bits per heavy atom. The first-order valence-electron chi connectivity index (χ1n) is 9.15. The van der Waals surface area contributed by atoms with Gasteiger partial charge in [-0.25, -0.2) is 0 Å². The fourth-order valence-electron chi connectivity index (χ4n) is 4.58. The second kappa shape index (κ2) is 6.37. The van der Waals surface area contributed by atoms with Crippen LogP contribution in [0.5, 0.6) is 0 Å². The molecule has 4 rings (SSSR count). The molecule has 0 saturated carbocycles. The fourth-order valence-corrected chi connectivity index (χ4v) is 4.58. The van der Waals surface area contributed by atoms with E-state index in [2.05, 4.69) is 98.8 Å². The molecule has 0 nitrogen and oxygen atoms in total. The quantitative estimate of drug-likeness (QED) is 0.602. The molecule has 0 unspecified atom stereocenters. The van der Waals surface area contributed by atoms with Crippen LogP contribution in [0.15, 0.2) is 107 Å². The highest BCUT2D eigenvalue weighted by Gasteiger charge is 2.46. The average Bonchev–Trinajstić information content (AvgIpc) is 2.93. The lowest BCUT2D eigenvalue weighted by Crippen LogP contribution is -2.30. The van der Waals surface area contributed by atoms with Crippen molar-refractivity contribution in [1.29, 1.82) is 0 Å². The second-order valence-corrected chi connectivity index (χ2v) is 6.85. The molecular weight excluding hydrogens is 300 g/mol. The largest absolute Gasteiger partial charge is 0.0873 e. The van der Waals surface area contributed by atoms with Gasteiger partial charge in [0.15, 0.2) is 0 Å². The lowest BCUT2D eigenvalue weighted by atomic mass is 9.65. The summed E-state index contributed by atoms with van der Waals surface area (Å²) in [7, 11) is 0. The summed E-state index contributed by atoms with van der Waals surface area (Å²) in [5, 5.41) is 0. The molecule has 0 bridgehead atoms. The summed E-state index contributed by atoms with van der Waals surface area (Å²) in [6.07, 6.45) is 11.5. The molecule has 0 N–H and O–H groups in total. The van der Waals surface area contributed by atoms with Gasteiger partial charge >= 0.3 is 0 Å². The van der Waals surface area contributed by atoms with Crippen molar-refractivity contribution in [3.8, 4) is 0 Å². The van der Waals surface area contributed by atoms with Gasteiger partial charge in [0.1, 0.15) is 0 Å². The zero-order valence-electron chi connectivity index (χ0n) is 15.0. The smallest absolute Gasteiger partial charge is 0.0706 e. The van der Waals surface area contributed by atoms with Gasteiger partial charge in [0.2, 0.25) is 0 Å². The Bertz CT molecular complexity index is 850. The number of hydrogen-bond acceptors (Lipinski definition) is 0. The number of benzene rings is 2. The van der Waals surface area contributed by atoms with E-state index in [1.165, 1.54) is 33.4 Å². The monoisotopic (exact) mass is 324 g/mol. The Hall–Kier alpha value is -2.60. The van der Waals surface area contributed by atoms with Gasteiger partial charge in [-0.1, -0.05) is 85.0 Å². The lowest BCUT2D eigenvalue weighted by Gasteiger charge is -2.36. The average molecular weight is 324 g/mol. The predicted octanol–water partition coefficient (Wildman–Crippen LogP) is 6.53. The first kappa shape index (κ1) is 15.9. The molecule has 25 heavy (non-hydrogen) atoms. The minimum atomic E-state index is -0.203. The first-order chi connectivity index (χ1) is 12.3. The third-order valence-electron chi connectivity index (χ3n) is 5.58. The van der Waals surface area contributed by atoms with E-state index >= 15 is 0 Å². The van der Waals surface area contributed by atoms with Crippen LogP contribution in [-0.4, -0.2) is 0 Å². The highest BCUT2D eigenvalue weighted by molar-refractivity contribution is 5.73. The van der Waals surface area contributed by atoms with E-state index < -0.39 is 0 Å². The van der Waals surface area contributed by atoms with Crippen LogP contribution in [0.3, 0.4) is 0 Å². The maximum atomic E-state index is 2.37. The van der Waals surface area contributed by atoms with E-state index in [9.17, 15) is 0 Å². The van der Waals surface area contributed by atoms with Crippen LogP contribution < -0.4 is 0 Å². The fraction of sp³-hybridized carbons (Fsp3) is 0.200. The third-order valence-corrected chi connectivity index (χ3v) is 5.58. The summed E-state index contributed by atoms with van der Waals surface area (Å²) in [4.78, 5) is 0. The van der Waals surface area contributed by atoms with E-state index in [0.29, 0.717) is 0 Å². The molecule has 0 fully saturated rings. The van der Waals surface area contributed by atoms with E-state index in [4.69, 9.17) is 0 Å². The minimum absolute atomic E-state index is 0.203. The predicted molar refractivity (Wildman–Crippen MR) is 107 cm³/mol. The molecular formula is C25H24. The van der Waals surface area contributed by atoms with Crippen molar-refractivity contribution in [2.75, 3.05) is 0 Å². The molecule has 124 valence electrons. The van der Waals surface area contributed by atoms with Crippen LogP contribution in [-0.2, 0) is 5.41 Å². The molecule has 0 amide bonds. The van der Waals surface area contributed by atoms with Gasteiger partial charge in [-0.05, 0) is 60.1 Å². The van der Waals surface area contributed by atoms with E-state index in [0.717, 1.165) is 12.8 Å². The summed E-state index contributed by atoms with van der Waals surface area (Å²) >= 11 is 0. The summed E-state index contributed by atoms with van der Waals surface area (Å²) in [5.41, 5.74) is 8.36. The molecule has 2 aromatic carbocycles. The van der Waals surface area contributed by atoms with Crippen molar-refractivity contribution in [1.82, 2.24) is 0 Å². The zero-order chi connectivity index (χ0) is 17.3. The van der Waals surface area contributed by atoms with E-state index in [1.807, 2.05) is 0 Å². The SMILES string of the molecule is C/C=C\C1=C(C)C2=C(C=CCC2)C1(c1ccccc1)c1ccccc1. The summed E-state index contributed by atoms with van der Waals surface area (Å²) in [6, 6.07) is 22.0. The Morgan fingerprint density at radius 3 is 2.04 bits per heavy atom. The molecule has 0 atom stereocenters. The molecule has 2 aliphatic rings. The highest BCUT2D eigenvalue weighted by atomic mass is 14.5. The summed E-state index contributed by atoms with van der Waals surface area (Å²) in [5.74, 6) is 0. The number of hydrogen-bond donors (Lipinski definition) is 0. The summed E-state index contributed by atoms with van der Waals surface area (Å²) < 4.78 is 0. The zero-order valence-corrected chi connectivity index (χ0v) is 15.0.